The summed E-state index contributed by atoms with van der Waals surface area (Å²) in [7, 11) is 0. The van der Waals surface area contributed by atoms with Crippen molar-refractivity contribution in [1.82, 2.24) is 5.32 Å². The number of carbonyl (C=O) groups excluding carboxylic acids is 3. The van der Waals surface area contributed by atoms with Crippen LogP contribution in [0.2, 0.25) is 0 Å². The van der Waals surface area contributed by atoms with Gasteiger partial charge >= 0.3 is 88.7 Å². The van der Waals surface area contributed by atoms with Crippen molar-refractivity contribution in [3.63, 3.8) is 0 Å². The van der Waals surface area contributed by atoms with Gasteiger partial charge in [-0.1, -0.05) is 0 Å². The van der Waals surface area contributed by atoms with Crippen molar-refractivity contribution < 1.29 is 123 Å². The van der Waals surface area contributed by atoms with Crippen LogP contribution < -0.4 is 115 Å². The van der Waals surface area contributed by atoms with Gasteiger partial charge in [0.1, 0.15) is 6.23 Å². The molecule has 0 saturated carbocycles. The Bertz CT molecular complexity index is 311. The van der Waals surface area contributed by atoms with E-state index in [1.807, 2.05) is 5.32 Å². The predicted molar refractivity (Wildman–Crippen MR) is 45.2 cm³/mol. The number of nitrogens with one attached hydrogen (secondary N) is 1. The zero-order chi connectivity index (χ0) is 13.6. The SMILES string of the molecule is NC(O)C(CC(=O)[O-])(CC(=O)[O-])NCC(=O)[O-].[Na+].[Na+].[Na+]. The Morgan fingerprint density at radius 3 is 1.55 bits per heavy atom. The number of hydrogen-bond donors (Lipinski definition) is 3. The van der Waals surface area contributed by atoms with Crippen molar-refractivity contribution in [2.24, 2.45) is 5.73 Å². The number of aliphatic carboxylic acids is 3. The first-order valence-electron chi connectivity index (χ1n) is 4.48. The molecule has 0 amide bonds. The Labute approximate surface area is 181 Å². The van der Waals surface area contributed by atoms with E-state index in [9.17, 15) is 34.8 Å². The van der Waals surface area contributed by atoms with E-state index in [2.05, 4.69) is 0 Å². The van der Waals surface area contributed by atoms with Gasteiger partial charge in [0.15, 0.2) is 0 Å². The Hall–Kier alpha value is 1.29. The normalized spacial score (nSPS) is 11.1. The van der Waals surface area contributed by atoms with Gasteiger partial charge in [-0.15, -0.1) is 0 Å². The summed E-state index contributed by atoms with van der Waals surface area (Å²) < 4.78 is 0. The van der Waals surface area contributed by atoms with Crippen molar-refractivity contribution in [3.05, 3.63) is 0 Å². The van der Waals surface area contributed by atoms with Crippen LogP contribution in [0.4, 0.5) is 0 Å². The third-order valence-electron chi connectivity index (χ3n) is 2.07. The molecule has 98 valence electrons. The Morgan fingerprint density at radius 2 is 1.35 bits per heavy atom. The maximum absolute atomic E-state index is 10.5. The van der Waals surface area contributed by atoms with Crippen molar-refractivity contribution in [2.45, 2.75) is 24.6 Å². The van der Waals surface area contributed by atoms with Gasteiger partial charge < -0.3 is 45.9 Å². The van der Waals surface area contributed by atoms with Crippen LogP contribution >= 0.6 is 0 Å². The van der Waals surface area contributed by atoms with E-state index in [-0.39, 0.29) is 88.7 Å². The van der Waals surface area contributed by atoms with Gasteiger partial charge in [-0.3, -0.25) is 0 Å². The van der Waals surface area contributed by atoms with Crippen molar-refractivity contribution >= 4 is 17.9 Å². The number of carboxylic acid groups (broad SMARTS) is 3. The second-order valence-corrected chi connectivity index (χ2v) is 3.42. The molecule has 4 N–H and O–H groups in total. The second-order valence-electron chi connectivity index (χ2n) is 3.42. The maximum atomic E-state index is 10.5. The van der Waals surface area contributed by atoms with E-state index >= 15 is 0 Å². The molecular weight excluding hydrogens is 305 g/mol. The van der Waals surface area contributed by atoms with Gasteiger partial charge in [0.25, 0.3) is 0 Å². The number of carboxylic acids is 3. The molecule has 0 rings (SSSR count). The maximum Gasteiger partial charge on any atom is 1.00 e. The molecule has 0 aromatic carbocycles. The van der Waals surface area contributed by atoms with Crippen LogP contribution in [0.5, 0.6) is 0 Å². The summed E-state index contributed by atoms with van der Waals surface area (Å²) in [5.74, 6) is -5.03. The van der Waals surface area contributed by atoms with E-state index < -0.39 is 49.1 Å². The molecular formula is C8H11N2Na3O7. The summed E-state index contributed by atoms with van der Waals surface area (Å²) in [4.78, 5) is 31.1. The van der Waals surface area contributed by atoms with Crippen molar-refractivity contribution in [1.29, 1.82) is 0 Å². The van der Waals surface area contributed by atoms with Crippen LogP contribution in [0.25, 0.3) is 0 Å². The minimum atomic E-state index is -2.09. The Kier molecular flexibility index (Phi) is 20.4. The van der Waals surface area contributed by atoms with Crippen molar-refractivity contribution in [3.8, 4) is 0 Å². The average Bonchev–Trinajstić information content (AvgIpc) is 2.11. The third-order valence-corrected chi connectivity index (χ3v) is 2.07. The predicted octanol–water partition coefficient (Wildman–Crippen LogP) is -15.4. The number of rotatable bonds is 8. The molecule has 9 nitrogen and oxygen atoms in total. The first-order valence-corrected chi connectivity index (χ1v) is 4.48. The molecule has 0 saturated heterocycles. The van der Waals surface area contributed by atoms with Gasteiger partial charge in [-0.05, 0) is 0 Å². The Balaban J connectivity index is -0.000000427. The number of carbonyl (C=O) groups is 3. The van der Waals surface area contributed by atoms with Gasteiger partial charge in [0.05, 0.1) is 11.5 Å². The largest absolute Gasteiger partial charge is 1.00 e. The fourth-order valence-electron chi connectivity index (χ4n) is 1.26. The quantitative estimate of drug-likeness (QED) is 0.289. The zero-order valence-electron chi connectivity index (χ0n) is 11.7. The van der Waals surface area contributed by atoms with Crippen LogP contribution in [0, 0.1) is 0 Å². The van der Waals surface area contributed by atoms with Crippen LogP contribution in [0.15, 0.2) is 0 Å². The van der Waals surface area contributed by atoms with Crippen LogP contribution in [0.1, 0.15) is 12.8 Å². The minimum absolute atomic E-state index is 0. The zero-order valence-corrected chi connectivity index (χ0v) is 17.7. The summed E-state index contributed by atoms with van der Waals surface area (Å²) in [5.41, 5.74) is 2.97. The van der Waals surface area contributed by atoms with Crippen molar-refractivity contribution in [2.75, 3.05) is 6.54 Å². The second kappa shape index (κ2) is 13.9. The molecule has 0 aliphatic carbocycles. The van der Waals surface area contributed by atoms with Gasteiger partial charge in [0.2, 0.25) is 0 Å². The molecule has 0 spiro atoms. The van der Waals surface area contributed by atoms with E-state index in [1.54, 1.807) is 0 Å². The smallest absolute Gasteiger partial charge is 0.550 e. The summed E-state index contributed by atoms with van der Waals surface area (Å²) in [5, 5.41) is 42.3. The van der Waals surface area contributed by atoms with E-state index in [4.69, 9.17) is 5.73 Å². The van der Waals surface area contributed by atoms with Gasteiger partial charge in [-0.2, -0.15) is 0 Å². The summed E-state index contributed by atoms with van der Waals surface area (Å²) in [6.45, 7) is -0.880. The van der Waals surface area contributed by atoms with Crippen LogP contribution in [0.3, 0.4) is 0 Å². The number of aliphatic hydroxyl groups excluding tert-OH is 1. The molecule has 0 aliphatic heterocycles. The van der Waals surface area contributed by atoms with E-state index in [0.717, 1.165) is 0 Å². The number of hydrogen-bond acceptors (Lipinski definition) is 9. The monoisotopic (exact) mass is 316 g/mol. The van der Waals surface area contributed by atoms with E-state index in [1.165, 1.54) is 0 Å². The van der Waals surface area contributed by atoms with E-state index in [0.29, 0.717) is 0 Å². The molecule has 20 heavy (non-hydrogen) atoms. The summed E-state index contributed by atoms with van der Waals surface area (Å²) in [6.07, 6.45) is -3.92. The fourth-order valence-corrected chi connectivity index (χ4v) is 1.26. The van der Waals surface area contributed by atoms with Crippen LogP contribution in [-0.4, -0.2) is 41.3 Å². The molecule has 1 unspecified atom stereocenters. The Morgan fingerprint density at radius 1 is 1.00 bits per heavy atom. The molecule has 0 aromatic heterocycles. The van der Waals surface area contributed by atoms with Gasteiger partial charge in [0, 0.05) is 31.3 Å². The summed E-state index contributed by atoms with van der Waals surface area (Å²) >= 11 is 0. The molecule has 0 bridgehead atoms. The first kappa shape index (κ1) is 29.3. The molecule has 0 aliphatic rings. The standard InChI is InChI=1S/C8H14N2O7.3Na/c9-7(17)8(1-4(11)12,2-5(13)14)10-3-6(15)16;;;/h7,10,17H,1-3,9H2,(H,11,12)(H,13,14)(H,15,16);;;/q;3*+1/p-3. The fraction of sp³-hybridized carbons (Fsp3) is 0.625. The molecule has 0 heterocycles. The summed E-state index contributed by atoms with van der Waals surface area (Å²) in [6, 6.07) is 0. The molecule has 0 radical (unpaired) electrons. The minimum Gasteiger partial charge on any atom is -0.550 e. The first-order chi connectivity index (χ1) is 7.69. The molecule has 12 heteroatoms. The number of aliphatic hydroxyl groups is 1. The average molecular weight is 316 g/mol. The number of nitrogens with two attached hydrogens (primary N) is 1. The third kappa shape index (κ3) is 11.9. The van der Waals surface area contributed by atoms with Crippen LogP contribution in [-0.2, 0) is 14.4 Å². The molecule has 1 atom stereocenters. The topological polar surface area (TPSA) is 179 Å². The van der Waals surface area contributed by atoms with Gasteiger partial charge in [-0.25, -0.2) is 0 Å². The molecule has 0 fully saturated rings. The molecule has 0 aromatic rings.